The number of aliphatic hydroxyl groups is 1. The molecule has 0 spiro atoms. The van der Waals surface area contributed by atoms with E-state index in [0.29, 0.717) is 62.2 Å². The van der Waals surface area contributed by atoms with Crippen molar-refractivity contribution >= 4 is 28.5 Å². The van der Waals surface area contributed by atoms with Crippen molar-refractivity contribution in [1.29, 1.82) is 0 Å². The van der Waals surface area contributed by atoms with Gasteiger partial charge in [-0.3, -0.25) is 19.2 Å². The average molecular weight is 523 g/mol. The summed E-state index contributed by atoms with van der Waals surface area (Å²) >= 11 is 0. The number of pyridine rings is 1. The summed E-state index contributed by atoms with van der Waals surface area (Å²) in [4.78, 5) is 56.4. The van der Waals surface area contributed by atoms with Gasteiger partial charge < -0.3 is 29.6 Å². The molecule has 202 valence electrons. The van der Waals surface area contributed by atoms with E-state index in [2.05, 4.69) is 10.3 Å². The van der Waals surface area contributed by atoms with E-state index < -0.39 is 12.5 Å². The third-order valence-corrected chi connectivity index (χ3v) is 6.86. The van der Waals surface area contributed by atoms with Gasteiger partial charge in [0.1, 0.15) is 17.7 Å². The molecule has 1 fully saturated rings. The molecule has 1 aliphatic heterocycles. The van der Waals surface area contributed by atoms with Crippen molar-refractivity contribution in [3.63, 3.8) is 0 Å². The van der Waals surface area contributed by atoms with Gasteiger partial charge in [-0.25, -0.2) is 0 Å². The minimum absolute atomic E-state index is 0.118. The van der Waals surface area contributed by atoms with Crippen molar-refractivity contribution in [2.75, 3.05) is 26.3 Å². The highest BCUT2D eigenvalue weighted by Crippen LogP contribution is 2.29. The molecule has 0 bridgehead atoms. The lowest BCUT2D eigenvalue weighted by molar-refractivity contribution is -0.135. The van der Waals surface area contributed by atoms with Crippen LogP contribution in [0.1, 0.15) is 59.7 Å². The number of hydrogen-bond acceptors (Lipinski definition) is 6. The number of piperidine rings is 1. The van der Waals surface area contributed by atoms with Crippen LogP contribution in [0.15, 0.2) is 41.2 Å². The Morgan fingerprint density at radius 1 is 1.13 bits per heavy atom. The summed E-state index contributed by atoms with van der Waals surface area (Å²) < 4.78 is 7.40. The van der Waals surface area contributed by atoms with Crippen molar-refractivity contribution in [2.24, 2.45) is 0 Å². The van der Waals surface area contributed by atoms with Crippen molar-refractivity contribution in [2.45, 2.75) is 52.1 Å². The smallest absolute Gasteiger partial charge is 0.271 e. The number of aromatic nitrogens is 2. The van der Waals surface area contributed by atoms with Crippen molar-refractivity contribution in [3.05, 3.63) is 63.7 Å². The second-order valence-electron chi connectivity index (χ2n) is 9.42. The topological polar surface area (TPSA) is 134 Å². The van der Waals surface area contributed by atoms with Gasteiger partial charge in [0, 0.05) is 30.4 Å². The van der Waals surface area contributed by atoms with Gasteiger partial charge in [-0.1, -0.05) is 44.2 Å². The Morgan fingerprint density at radius 3 is 2.47 bits per heavy atom. The van der Waals surface area contributed by atoms with Gasteiger partial charge in [-0.15, -0.1) is 0 Å². The fraction of sp³-hybridized carbons (Fsp3) is 0.429. The molecule has 0 unspecified atom stereocenters. The number of aromatic amines is 1. The number of nitrogens with zero attached hydrogens (tertiary/aromatic N) is 2. The van der Waals surface area contributed by atoms with Gasteiger partial charge >= 0.3 is 0 Å². The lowest BCUT2D eigenvalue weighted by Gasteiger charge is -2.32. The monoisotopic (exact) mass is 522 g/mol. The fourth-order valence-electron chi connectivity index (χ4n) is 4.80. The van der Waals surface area contributed by atoms with E-state index >= 15 is 0 Å². The maximum atomic E-state index is 13.7. The number of aliphatic hydroxyl groups excluding tert-OH is 1. The van der Waals surface area contributed by atoms with E-state index in [1.165, 1.54) is 4.57 Å². The molecule has 10 nitrogen and oxygen atoms in total. The molecule has 3 aromatic rings. The number of amides is 2. The molecule has 0 radical (unpaired) electrons. The molecule has 4 rings (SSSR count). The zero-order chi connectivity index (χ0) is 27.2. The van der Waals surface area contributed by atoms with E-state index in [1.54, 1.807) is 35.2 Å². The number of rotatable bonds is 10. The molecule has 1 aliphatic rings. The first-order chi connectivity index (χ1) is 18.4. The Labute approximate surface area is 220 Å². The van der Waals surface area contributed by atoms with Crippen LogP contribution in [0.3, 0.4) is 0 Å². The number of fused-ring (bicyclic) bond motifs is 1. The number of likely N-dealkylation sites (tertiary alicyclic amines) is 1. The number of benzene rings is 1. The highest BCUT2D eigenvalue weighted by molar-refractivity contribution is 6.03. The van der Waals surface area contributed by atoms with E-state index in [0.717, 1.165) is 0 Å². The van der Waals surface area contributed by atoms with Gasteiger partial charge in [0.2, 0.25) is 5.91 Å². The summed E-state index contributed by atoms with van der Waals surface area (Å²) in [5, 5.41) is 12.3. The molecule has 0 atom stereocenters. The lowest BCUT2D eigenvalue weighted by Crippen LogP contribution is -2.47. The Hall–Kier alpha value is -3.92. The molecule has 0 saturated carbocycles. The Kier molecular flexibility index (Phi) is 8.62. The van der Waals surface area contributed by atoms with E-state index in [1.807, 2.05) is 19.9 Å². The molecule has 2 aromatic heterocycles. The number of aryl methyl sites for hydroxylation is 1. The van der Waals surface area contributed by atoms with Crippen LogP contribution in [0.5, 0.6) is 5.75 Å². The largest absolute Gasteiger partial charge is 0.490 e. The Morgan fingerprint density at radius 2 is 1.84 bits per heavy atom. The number of H-pyrrole nitrogens is 1. The van der Waals surface area contributed by atoms with Crippen LogP contribution in [-0.4, -0.2) is 69.5 Å². The van der Waals surface area contributed by atoms with Gasteiger partial charge in [0.25, 0.3) is 11.5 Å². The predicted molar refractivity (Wildman–Crippen MR) is 143 cm³/mol. The molecule has 3 heterocycles. The number of ketones is 1. The number of nitrogens with one attached hydrogen (secondary N) is 2. The fourth-order valence-corrected chi connectivity index (χ4v) is 4.80. The summed E-state index contributed by atoms with van der Waals surface area (Å²) in [6.07, 6.45) is 2.30. The summed E-state index contributed by atoms with van der Waals surface area (Å²) in [6, 6.07) is 10.5. The molecule has 2 amide bonds. The number of hydrogen-bond donors (Lipinski definition) is 3. The van der Waals surface area contributed by atoms with Crippen LogP contribution in [0.4, 0.5) is 0 Å². The highest BCUT2D eigenvalue weighted by atomic mass is 16.5. The zero-order valence-corrected chi connectivity index (χ0v) is 21.8. The van der Waals surface area contributed by atoms with Crippen LogP contribution >= 0.6 is 0 Å². The molecule has 38 heavy (non-hydrogen) atoms. The minimum atomic E-state index is -0.529. The number of ether oxygens (including phenoxy) is 1. The SMILES string of the molecule is CCCOc1c(C(=O)NC2CCN(C(=O)CO)CC2)[nH]c2cc(CC)n(CC(=O)c3ccccc3)c(=O)c12. The normalized spacial score (nSPS) is 14.0. The number of carbonyl (C=O) groups is 3. The molecule has 10 heteroatoms. The Bertz CT molecular complexity index is 1370. The lowest BCUT2D eigenvalue weighted by atomic mass is 10.0. The molecule has 3 N–H and O–H groups in total. The van der Waals surface area contributed by atoms with E-state index in [-0.39, 0.29) is 46.7 Å². The first-order valence-corrected chi connectivity index (χ1v) is 13.1. The predicted octanol–water partition coefficient (Wildman–Crippen LogP) is 2.28. The molecule has 0 aliphatic carbocycles. The zero-order valence-electron chi connectivity index (χ0n) is 21.8. The number of carbonyl (C=O) groups excluding carboxylic acids is 3. The van der Waals surface area contributed by atoms with Crippen LogP contribution in [0, 0.1) is 0 Å². The first kappa shape index (κ1) is 27.1. The number of Topliss-reactive ketones (excluding diaryl/α,β-unsaturated/α-hetero) is 1. The second-order valence-corrected chi connectivity index (χ2v) is 9.42. The standard InChI is InChI=1S/C28H34N4O6/c1-3-14-38-26-24-21(30-25(26)27(36)29-19-10-12-31(13-11-19)23(35)17-33)15-20(4-2)32(28(24)37)16-22(34)18-8-6-5-7-9-18/h5-9,15,19,30,33H,3-4,10-14,16-17H2,1-2H3,(H,29,36). The summed E-state index contributed by atoms with van der Waals surface area (Å²) in [5.41, 5.74) is 1.44. The van der Waals surface area contributed by atoms with Crippen LogP contribution in [-0.2, 0) is 17.8 Å². The summed E-state index contributed by atoms with van der Waals surface area (Å²) in [7, 11) is 0. The van der Waals surface area contributed by atoms with E-state index in [4.69, 9.17) is 9.84 Å². The Balaban J connectivity index is 1.66. The van der Waals surface area contributed by atoms with Crippen LogP contribution < -0.4 is 15.6 Å². The second kappa shape index (κ2) is 12.1. The highest BCUT2D eigenvalue weighted by Gasteiger charge is 2.28. The van der Waals surface area contributed by atoms with Gasteiger partial charge in [0.15, 0.2) is 11.5 Å². The maximum absolute atomic E-state index is 13.7. The summed E-state index contributed by atoms with van der Waals surface area (Å²) in [5.74, 6) is -0.726. The quantitative estimate of drug-likeness (QED) is 0.350. The van der Waals surface area contributed by atoms with Crippen LogP contribution in [0.2, 0.25) is 0 Å². The van der Waals surface area contributed by atoms with Gasteiger partial charge in [-0.2, -0.15) is 0 Å². The van der Waals surface area contributed by atoms with E-state index in [9.17, 15) is 19.2 Å². The maximum Gasteiger partial charge on any atom is 0.271 e. The molecular weight excluding hydrogens is 488 g/mol. The minimum Gasteiger partial charge on any atom is -0.490 e. The average Bonchev–Trinajstić information content (AvgIpc) is 3.32. The summed E-state index contributed by atoms with van der Waals surface area (Å²) in [6.45, 7) is 4.38. The third kappa shape index (κ3) is 5.65. The van der Waals surface area contributed by atoms with Gasteiger partial charge in [-0.05, 0) is 31.7 Å². The van der Waals surface area contributed by atoms with Gasteiger partial charge in [0.05, 0.1) is 18.7 Å². The molecule has 1 saturated heterocycles. The first-order valence-electron chi connectivity index (χ1n) is 13.1. The van der Waals surface area contributed by atoms with Crippen molar-refractivity contribution in [3.8, 4) is 5.75 Å². The molecular formula is C28H34N4O6. The van der Waals surface area contributed by atoms with Crippen molar-refractivity contribution < 1.29 is 24.2 Å². The third-order valence-electron chi connectivity index (χ3n) is 6.86. The molecule has 1 aromatic carbocycles. The van der Waals surface area contributed by atoms with Crippen LogP contribution in [0.25, 0.3) is 10.9 Å². The van der Waals surface area contributed by atoms with Crippen molar-refractivity contribution in [1.82, 2.24) is 19.8 Å².